The van der Waals surface area contributed by atoms with Crippen molar-refractivity contribution in [2.75, 3.05) is 0 Å². The lowest BCUT2D eigenvalue weighted by molar-refractivity contribution is 0.0804. The molecule has 0 spiro atoms. The summed E-state index contributed by atoms with van der Waals surface area (Å²) in [6.07, 6.45) is -0.972. The molecule has 0 bridgehead atoms. The second-order valence-electron chi connectivity index (χ2n) is 5.09. The molecule has 0 aliphatic rings. The lowest BCUT2D eigenvalue weighted by atomic mass is 9.98. The Morgan fingerprint density at radius 3 is 1.32 bits per heavy atom. The van der Waals surface area contributed by atoms with Gasteiger partial charge >= 0.3 is 0 Å². The molecule has 0 radical (unpaired) electrons. The van der Waals surface area contributed by atoms with Gasteiger partial charge in [0, 0.05) is 6.42 Å². The van der Waals surface area contributed by atoms with E-state index in [0.717, 1.165) is 22.3 Å². The SMILES string of the molecule is Cc1ccc([C@H](O)C[C@@H](O)c2ccc(C)cc2)cc1. The van der Waals surface area contributed by atoms with Gasteiger partial charge in [-0.05, 0) is 25.0 Å². The van der Waals surface area contributed by atoms with Crippen molar-refractivity contribution in [3.63, 3.8) is 0 Å². The summed E-state index contributed by atoms with van der Waals surface area (Å²) in [4.78, 5) is 0. The van der Waals surface area contributed by atoms with E-state index in [9.17, 15) is 10.2 Å². The lowest BCUT2D eigenvalue weighted by Crippen LogP contribution is -2.05. The van der Waals surface area contributed by atoms with Crippen LogP contribution in [-0.2, 0) is 0 Å². The van der Waals surface area contributed by atoms with Crippen LogP contribution in [0.1, 0.15) is 40.9 Å². The van der Waals surface area contributed by atoms with Gasteiger partial charge in [0.2, 0.25) is 0 Å². The zero-order chi connectivity index (χ0) is 13.8. The molecule has 2 N–H and O–H groups in total. The molecule has 2 aromatic rings. The van der Waals surface area contributed by atoms with E-state index in [-0.39, 0.29) is 0 Å². The summed E-state index contributed by atoms with van der Waals surface area (Å²) in [5, 5.41) is 20.3. The molecule has 2 nitrogen and oxygen atoms in total. The first-order valence-corrected chi connectivity index (χ1v) is 6.55. The summed E-state index contributed by atoms with van der Waals surface area (Å²) in [6, 6.07) is 15.5. The first kappa shape index (κ1) is 13.8. The second kappa shape index (κ2) is 6.00. The van der Waals surface area contributed by atoms with Gasteiger partial charge in [0.05, 0.1) is 12.2 Å². The molecule has 0 aromatic heterocycles. The fraction of sp³-hybridized carbons (Fsp3) is 0.294. The van der Waals surface area contributed by atoms with Gasteiger partial charge < -0.3 is 10.2 Å². The van der Waals surface area contributed by atoms with Crippen LogP contribution in [0.2, 0.25) is 0 Å². The Morgan fingerprint density at radius 1 is 0.684 bits per heavy atom. The molecule has 100 valence electrons. The number of aliphatic hydroxyl groups excluding tert-OH is 2. The van der Waals surface area contributed by atoms with Crippen molar-refractivity contribution in [2.24, 2.45) is 0 Å². The summed E-state index contributed by atoms with van der Waals surface area (Å²) in [7, 11) is 0. The van der Waals surface area contributed by atoms with Crippen LogP contribution >= 0.6 is 0 Å². The Balaban J connectivity index is 2.03. The molecule has 0 saturated carbocycles. The van der Waals surface area contributed by atoms with Crippen molar-refractivity contribution in [3.05, 3.63) is 70.8 Å². The smallest absolute Gasteiger partial charge is 0.0818 e. The van der Waals surface area contributed by atoms with Crippen molar-refractivity contribution in [2.45, 2.75) is 32.5 Å². The number of hydrogen-bond acceptors (Lipinski definition) is 2. The number of rotatable bonds is 4. The van der Waals surface area contributed by atoms with Crippen LogP contribution in [0.5, 0.6) is 0 Å². The third-order valence-corrected chi connectivity index (χ3v) is 3.37. The summed E-state index contributed by atoms with van der Waals surface area (Å²) >= 11 is 0. The van der Waals surface area contributed by atoms with Crippen molar-refractivity contribution in [3.8, 4) is 0 Å². The molecule has 2 rings (SSSR count). The molecule has 0 heterocycles. The number of aliphatic hydroxyl groups is 2. The predicted molar refractivity (Wildman–Crippen MR) is 76.9 cm³/mol. The van der Waals surface area contributed by atoms with E-state index >= 15 is 0 Å². The summed E-state index contributed by atoms with van der Waals surface area (Å²) in [5.74, 6) is 0. The highest BCUT2D eigenvalue weighted by Crippen LogP contribution is 2.26. The maximum atomic E-state index is 10.1. The maximum absolute atomic E-state index is 10.1. The highest BCUT2D eigenvalue weighted by Gasteiger charge is 2.15. The molecular weight excluding hydrogens is 236 g/mol. The zero-order valence-corrected chi connectivity index (χ0v) is 11.4. The summed E-state index contributed by atoms with van der Waals surface area (Å²) in [5.41, 5.74) is 4.01. The van der Waals surface area contributed by atoms with Gasteiger partial charge in [0.15, 0.2) is 0 Å². The van der Waals surface area contributed by atoms with Gasteiger partial charge in [-0.15, -0.1) is 0 Å². The monoisotopic (exact) mass is 256 g/mol. The van der Waals surface area contributed by atoms with Crippen molar-refractivity contribution >= 4 is 0 Å². The van der Waals surface area contributed by atoms with Crippen molar-refractivity contribution < 1.29 is 10.2 Å². The maximum Gasteiger partial charge on any atom is 0.0818 e. The molecule has 0 fully saturated rings. The Morgan fingerprint density at radius 2 is 1.00 bits per heavy atom. The molecule has 0 aliphatic carbocycles. The molecular formula is C17H20O2. The standard InChI is InChI=1S/C17H20O2/c1-12-3-7-14(8-4-12)16(18)11-17(19)15-9-5-13(2)6-10-15/h3-10,16-19H,11H2,1-2H3/t16-,17-/m1/s1. The molecule has 2 aromatic carbocycles. The van der Waals surface area contributed by atoms with Crippen LogP contribution in [0.4, 0.5) is 0 Å². The summed E-state index contributed by atoms with van der Waals surface area (Å²) in [6.45, 7) is 4.02. The van der Waals surface area contributed by atoms with Crippen LogP contribution in [-0.4, -0.2) is 10.2 Å². The van der Waals surface area contributed by atoms with E-state index in [4.69, 9.17) is 0 Å². The van der Waals surface area contributed by atoms with E-state index < -0.39 is 12.2 Å². The van der Waals surface area contributed by atoms with E-state index in [1.165, 1.54) is 0 Å². The topological polar surface area (TPSA) is 40.5 Å². The van der Waals surface area contributed by atoms with E-state index in [0.29, 0.717) is 6.42 Å². The first-order valence-electron chi connectivity index (χ1n) is 6.55. The zero-order valence-electron chi connectivity index (χ0n) is 11.4. The molecule has 19 heavy (non-hydrogen) atoms. The minimum Gasteiger partial charge on any atom is -0.388 e. The molecule has 2 atom stereocenters. The Bertz CT molecular complexity index is 464. The van der Waals surface area contributed by atoms with Crippen LogP contribution in [0.15, 0.2) is 48.5 Å². The van der Waals surface area contributed by atoms with Crippen LogP contribution in [0, 0.1) is 13.8 Å². The quantitative estimate of drug-likeness (QED) is 0.879. The molecule has 0 aliphatic heterocycles. The Hall–Kier alpha value is -1.64. The average Bonchev–Trinajstić information content (AvgIpc) is 2.40. The van der Waals surface area contributed by atoms with Crippen molar-refractivity contribution in [1.29, 1.82) is 0 Å². The highest BCUT2D eigenvalue weighted by molar-refractivity contribution is 5.25. The average molecular weight is 256 g/mol. The Kier molecular flexibility index (Phi) is 4.35. The summed E-state index contributed by atoms with van der Waals surface area (Å²) < 4.78 is 0. The molecule has 2 heteroatoms. The minimum absolute atomic E-state index is 0.312. The highest BCUT2D eigenvalue weighted by atomic mass is 16.3. The van der Waals surface area contributed by atoms with Gasteiger partial charge in [-0.2, -0.15) is 0 Å². The minimum atomic E-state index is -0.642. The largest absolute Gasteiger partial charge is 0.388 e. The van der Waals surface area contributed by atoms with Gasteiger partial charge in [-0.25, -0.2) is 0 Å². The molecule has 0 saturated heterocycles. The third-order valence-electron chi connectivity index (χ3n) is 3.37. The number of benzene rings is 2. The van der Waals surface area contributed by atoms with Crippen molar-refractivity contribution in [1.82, 2.24) is 0 Å². The number of aryl methyl sites for hydroxylation is 2. The lowest BCUT2D eigenvalue weighted by Gasteiger charge is -2.16. The second-order valence-corrected chi connectivity index (χ2v) is 5.09. The van der Waals surface area contributed by atoms with E-state index in [1.54, 1.807) is 0 Å². The van der Waals surface area contributed by atoms with Gasteiger partial charge in [0.25, 0.3) is 0 Å². The third kappa shape index (κ3) is 3.66. The fourth-order valence-electron chi connectivity index (χ4n) is 2.06. The predicted octanol–water partition coefficient (Wildman–Crippen LogP) is 3.46. The Labute approximate surface area is 114 Å². The van der Waals surface area contributed by atoms with Gasteiger partial charge in [0.1, 0.15) is 0 Å². The van der Waals surface area contributed by atoms with Crippen LogP contribution in [0.25, 0.3) is 0 Å². The normalized spacial score (nSPS) is 14.1. The molecule has 0 unspecified atom stereocenters. The van der Waals surface area contributed by atoms with E-state index in [2.05, 4.69) is 0 Å². The molecule has 0 amide bonds. The first-order chi connectivity index (χ1) is 9.06. The van der Waals surface area contributed by atoms with E-state index in [1.807, 2.05) is 62.4 Å². The van der Waals surface area contributed by atoms with Crippen LogP contribution < -0.4 is 0 Å². The van der Waals surface area contributed by atoms with Gasteiger partial charge in [-0.3, -0.25) is 0 Å². The van der Waals surface area contributed by atoms with Crippen LogP contribution in [0.3, 0.4) is 0 Å². The van der Waals surface area contributed by atoms with Gasteiger partial charge in [-0.1, -0.05) is 59.7 Å². The fourth-order valence-corrected chi connectivity index (χ4v) is 2.06. The number of hydrogen-bond donors (Lipinski definition) is 2.